The number of fused-ring (bicyclic) bond motifs is 2. The van der Waals surface area contributed by atoms with Gasteiger partial charge in [-0.2, -0.15) is 0 Å². The average molecular weight is 458 g/mol. The van der Waals surface area contributed by atoms with Crippen molar-refractivity contribution in [3.63, 3.8) is 0 Å². The third-order valence-corrected chi connectivity index (χ3v) is 6.06. The zero-order valence-corrected chi connectivity index (χ0v) is 18.4. The van der Waals surface area contributed by atoms with Crippen molar-refractivity contribution in [3.8, 4) is 0 Å². The van der Waals surface area contributed by atoms with E-state index >= 15 is 0 Å². The van der Waals surface area contributed by atoms with Crippen LogP contribution < -0.4 is 16.0 Å². The maximum atomic E-state index is 12.8. The van der Waals surface area contributed by atoms with E-state index in [9.17, 15) is 19.2 Å². The molecule has 3 N–H and O–H groups in total. The number of rotatable bonds is 4. The van der Waals surface area contributed by atoms with Crippen LogP contribution in [0, 0.1) is 6.92 Å². The second-order valence-electron chi connectivity index (χ2n) is 8.35. The Labute approximate surface area is 194 Å². The highest BCUT2D eigenvalue weighted by atomic mass is 16.2. The molecular weight excluding hydrogens is 436 g/mol. The zero-order chi connectivity index (χ0) is 23.8. The molecular formula is C24H22N6O4. The molecule has 0 bridgehead atoms. The fraction of sp³-hybridized carbons (Fsp3) is 0.250. The summed E-state index contributed by atoms with van der Waals surface area (Å²) in [7, 11) is 0. The molecule has 34 heavy (non-hydrogen) atoms. The third-order valence-electron chi connectivity index (χ3n) is 6.06. The predicted molar refractivity (Wildman–Crippen MR) is 123 cm³/mol. The highest BCUT2D eigenvalue weighted by Crippen LogP contribution is 2.28. The Bertz CT molecular complexity index is 1350. The molecule has 10 nitrogen and oxygen atoms in total. The van der Waals surface area contributed by atoms with Crippen molar-refractivity contribution in [2.75, 3.05) is 5.32 Å². The van der Waals surface area contributed by atoms with Gasteiger partial charge in [-0.3, -0.25) is 25.0 Å². The van der Waals surface area contributed by atoms with Crippen LogP contribution in [0.4, 0.5) is 10.7 Å². The number of aromatic nitrogens is 2. The standard InChI is InChI=1S/C24H22N6O4/c1-13-16-4-2-3-5-18(16)27-23(26-13)29-24(34)25-11-14-6-7-17-15(10-14)12-30(22(17)33)19-8-9-20(31)28-21(19)32/h2-7,10,19H,8-9,11-12H2,1H3,(H,28,31,32)(H2,25,26,27,29,34). The first-order valence-electron chi connectivity index (χ1n) is 10.9. The normalized spacial score (nSPS) is 17.5. The van der Waals surface area contributed by atoms with Crippen molar-refractivity contribution < 1.29 is 19.2 Å². The molecule has 10 heteroatoms. The fourth-order valence-electron chi connectivity index (χ4n) is 4.36. The van der Waals surface area contributed by atoms with Crippen LogP contribution >= 0.6 is 0 Å². The summed E-state index contributed by atoms with van der Waals surface area (Å²) in [5.74, 6) is -0.776. The van der Waals surface area contributed by atoms with E-state index in [-0.39, 0.29) is 37.3 Å². The summed E-state index contributed by atoms with van der Waals surface area (Å²) in [6, 6.07) is 11.8. The minimum absolute atomic E-state index is 0.210. The fourth-order valence-corrected chi connectivity index (χ4v) is 4.36. The van der Waals surface area contributed by atoms with Crippen LogP contribution in [-0.2, 0) is 22.7 Å². The van der Waals surface area contributed by atoms with Crippen LogP contribution in [0.3, 0.4) is 0 Å². The highest BCUT2D eigenvalue weighted by Gasteiger charge is 2.39. The van der Waals surface area contributed by atoms with Crippen LogP contribution in [-0.4, -0.2) is 44.7 Å². The molecule has 172 valence electrons. The van der Waals surface area contributed by atoms with Gasteiger partial charge in [-0.15, -0.1) is 0 Å². The predicted octanol–water partition coefficient (Wildman–Crippen LogP) is 2.02. The Morgan fingerprint density at radius 3 is 2.79 bits per heavy atom. The molecule has 1 unspecified atom stereocenters. The second kappa shape index (κ2) is 8.54. The van der Waals surface area contributed by atoms with Crippen molar-refractivity contribution in [1.29, 1.82) is 0 Å². The lowest BCUT2D eigenvalue weighted by atomic mass is 10.0. The van der Waals surface area contributed by atoms with E-state index in [0.29, 0.717) is 12.0 Å². The molecule has 5 rings (SSSR count). The number of hydrogen-bond acceptors (Lipinski definition) is 6. The molecule has 5 amide bonds. The number of anilines is 1. The van der Waals surface area contributed by atoms with Gasteiger partial charge in [0.1, 0.15) is 6.04 Å². The van der Waals surface area contributed by atoms with E-state index in [4.69, 9.17) is 0 Å². The number of para-hydroxylation sites is 1. The van der Waals surface area contributed by atoms with Crippen LogP contribution in [0.1, 0.15) is 40.0 Å². The van der Waals surface area contributed by atoms with E-state index in [0.717, 1.165) is 27.7 Å². The molecule has 3 aromatic rings. The second-order valence-corrected chi connectivity index (χ2v) is 8.35. The summed E-state index contributed by atoms with van der Waals surface area (Å²) < 4.78 is 0. The molecule has 3 heterocycles. The minimum Gasteiger partial charge on any atom is -0.334 e. The van der Waals surface area contributed by atoms with Gasteiger partial charge in [0.25, 0.3) is 5.91 Å². The lowest BCUT2D eigenvalue weighted by molar-refractivity contribution is -0.136. The number of carbonyl (C=O) groups is 4. The van der Waals surface area contributed by atoms with Crippen LogP contribution in [0.15, 0.2) is 42.5 Å². The van der Waals surface area contributed by atoms with Gasteiger partial charge < -0.3 is 10.2 Å². The molecule has 1 saturated heterocycles. The molecule has 1 aromatic heterocycles. The Hall–Kier alpha value is -4.34. The number of piperidine rings is 1. The Morgan fingerprint density at radius 2 is 1.97 bits per heavy atom. The minimum atomic E-state index is -0.657. The van der Waals surface area contributed by atoms with E-state index in [1.165, 1.54) is 4.90 Å². The molecule has 1 fully saturated rings. The topological polar surface area (TPSA) is 133 Å². The maximum absolute atomic E-state index is 12.8. The van der Waals surface area contributed by atoms with Crippen molar-refractivity contribution >= 4 is 40.6 Å². The summed E-state index contributed by atoms with van der Waals surface area (Å²) >= 11 is 0. The van der Waals surface area contributed by atoms with E-state index in [1.807, 2.05) is 37.3 Å². The highest BCUT2D eigenvalue weighted by molar-refractivity contribution is 6.05. The summed E-state index contributed by atoms with van der Waals surface area (Å²) in [6.07, 6.45) is 0.524. The van der Waals surface area contributed by atoms with Gasteiger partial charge in [-0.05, 0) is 36.6 Å². The van der Waals surface area contributed by atoms with Crippen LogP contribution in [0.5, 0.6) is 0 Å². The molecule has 2 aliphatic rings. The van der Waals surface area contributed by atoms with Gasteiger partial charge in [0.05, 0.1) is 11.2 Å². The largest absolute Gasteiger partial charge is 0.334 e. The van der Waals surface area contributed by atoms with Gasteiger partial charge in [0.15, 0.2) is 0 Å². The molecule has 0 spiro atoms. The number of amides is 5. The monoisotopic (exact) mass is 458 g/mol. The first kappa shape index (κ1) is 21.5. The lowest BCUT2D eigenvalue weighted by Gasteiger charge is -2.29. The Balaban J connectivity index is 1.23. The number of hydrogen-bond donors (Lipinski definition) is 3. The number of imide groups is 1. The van der Waals surface area contributed by atoms with Gasteiger partial charge >= 0.3 is 6.03 Å². The lowest BCUT2D eigenvalue weighted by Crippen LogP contribution is -2.52. The van der Waals surface area contributed by atoms with Crippen LogP contribution in [0.25, 0.3) is 10.9 Å². The Kier molecular flexibility index (Phi) is 5.40. The van der Waals surface area contributed by atoms with Gasteiger partial charge in [0, 0.05) is 30.5 Å². The van der Waals surface area contributed by atoms with Gasteiger partial charge in [-0.1, -0.05) is 30.3 Å². The van der Waals surface area contributed by atoms with Gasteiger partial charge in [0.2, 0.25) is 17.8 Å². The first-order chi connectivity index (χ1) is 16.4. The SMILES string of the molecule is Cc1nc(NC(=O)NCc2ccc3c(c2)CN(C2CCC(=O)NC2=O)C3=O)nc2ccccc12. The van der Waals surface area contributed by atoms with E-state index < -0.39 is 18.0 Å². The molecule has 0 aliphatic carbocycles. The molecule has 2 aromatic carbocycles. The number of urea groups is 1. The molecule has 0 radical (unpaired) electrons. The van der Waals surface area contributed by atoms with Gasteiger partial charge in [-0.25, -0.2) is 14.8 Å². The summed E-state index contributed by atoms with van der Waals surface area (Å²) in [6.45, 7) is 2.38. The summed E-state index contributed by atoms with van der Waals surface area (Å²) in [4.78, 5) is 59.0. The van der Waals surface area contributed by atoms with Crippen LogP contribution in [0.2, 0.25) is 0 Å². The van der Waals surface area contributed by atoms with E-state index in [2.05, 4.69) is 25.9 Å². The number of nitrogens with one attached hydrogen (secondary N) is 3. The van der Waals surface area contributed by atoms with Crippen molar-refractivity contribution in [2.45, 2.75) is 38.9 Å². The van der Waals surface area contributed by atoms with E-state index in [1.54, 1.807) is 12.1 Å². The van der Waals surface area contributed by atoms with Crippen molar-refractivity contribution in [1.82, 2.24) is 25.5 Å². The Morgan fingerprint density at radius 1 is 1.15 bits per heavy atom. The number of carbonyl (C=O) groups excluding carboxylic acids is 4. The number of benzene rings is 2. The molecule has 0 saturated carbocycles. The van der Waals surface area contributed by atoms with Crippen molar-refractivity contribution in [2.24, 2.45) is 0 Å². The maximum Gasteiger partial charge on any atom is 0.321 e. The smallest absolute Gasteiger partial charge is 0.321 e. The molecule has 2 aliphatic heterocycles. The average Bonchev–Trinajstić information content (AvgIpc) is 3.13. The zero-order valence-electron chi connectivity index (χ0n) is 18.4. The summed E-state index contributed by atoms with van der Waals surface area (Å²) in [5.41, 5.74) is 3.63. The quantitative estimate of drug-likeness (QED) is 0.512. The molecule has 1 atom stereocenters. The number of aryl methyl sites for hydroxylation is 1. The third kappa shape index (κ3) is 4.05. The number of nitrogens with zero attached hydrogens (tertiary/aromatic N) is 3. The first-order valence-corrected chi connectivity index (χ1v) is 10.9. The summed E-state index contributed by atoms with van der Waals surface area (Å²) in [5, 5.41) is 8.65. The van der Waals surface area contributed by atoms with Crippen molar-refractivity contribution in [3.05, 3.63) is 64.8 Å².